The van der Waals surface area contributed by atoms with E-state index in [1.807, 2.05) is 27.7 Å². The smallest absolute Gasteiger partial charge is 0.244 e. The van der Waals surface area contributed by atoms with E-state index in [1.54, 1.807) is 0 Å². The zero-order chi connectivity index (χ0) is 31.5. The van der Waals surface area contributed by atoms with Crippen molar-refractivity contribution in [1.29, 1.82) is 0 Å². The van der Waals surface area contributed by atoms with Gasteiger partial charge in [-0.15, -0.1) is 0 Å². The minimum atomic E-state index is -1.08. The van der Waals surface area contributed by atoms with E-state index >= 15 is 0 Å². The minimum Gasteiger partial charge on any atom is -0.370 e. The Kier molecular flexibility index (Phi) is 18.7. The van der Waals surface area contributed by atoms with Gasteiger partial charge in [0.2, 0.25) is 29.5 Å². The molecule has 0 saturated heterocycles. The van der Waals surface area contributed by atoms with E-state index in [9.17, 15) is 24.0 Å². The van der Waals surface area contributed by atoms with E-state index in [2.05, 4.69) is 20.9 Å². The summed E-state index contributed by atoms with van der Waals surface area (Å²) in [6.07, 6.45) is 2.32. The Bertz CT molecular complexity index is 878. The Balaban J connectivity index is 5.85. The summed E-state index contributed by atoms with van der Waals surface area (Å²) in [6, 6.07) is -3.04. The summed E-state index contributed by atoms with van der Waals surface area (Å²) in [6.45, 7) is 8.14. The molecule has 0 aliphatic heterocycles. The zero-order valence-corrected chi connectivity index (χ0v) is 24.8. The second kappa shape index (κ2) is 20.4. The molecule has 0 rings (SSSR count). The first-order valence-corrected chi connectivity index (χ1v) is 14.1. The Morgan fingerprint density at radius 3 is 1.78 bits per heavy atom. The molecule has 0 aromatic rings. The van der Waals surface area contributed by atoms with Crippen molar-refractivity contribution in [3.8, 4) is 0 Å². The quantitative estimate of drug-likeness (QED) is 0.0254. The van der Waals surface area contributed by atoms with Crippen molar-refractivity contribution in [1.82, 2.24) is 21.4 Å². The highest BCUT2D eigenvalue weighted by molar-refractivity contribution is 5.94. The predicted octanol–water partition coefficient (Wildman–Crippen LogP) is -1.29. The molecule has 236 valence electrons. The average Bonchev–Trinajstić information content (AvgIpc) is 2.87. The van der Waals surface area contributed by atoms with Gasteiger partial charge in [-0.2, -0.15) is 0 Å². The molecule has 0 aliphatic rings. The lowest BCUT2D eigenvalue weighted by atomic mass is 9.92. The summed E-state index contributed by atoms with van der Waals surface area (Å²) in [5.74, 6) is -4.03. The summed E-state index contributed by atoms with van der Waals surface area (Å²) in [4.78, 5) is 67.4. The van der Waals surface area contributed by atoms with Gasteiger partial charge in [0.15, 0.2) is 5.96 Å². The first kappa shape index (κ1) is 37.5. The van der Waals surface area contributed by atoms with Gasteiger partial charge in [-0.3, -0.25) is 34.2 Å². The molecule has 0 bridgehead atoms. The van der Waals surface area contributed by atoms with Gasteiger partial charge in [-0.25, -0.2) is 5.48 Å². The van der Waals surface area contributed by atoms with Crippen molar-refractivity contribution in [3.63, 3.8) is 0 Å². The van der Waals surface area contributed by atoms with Crippen molar-refractivity contribution in [2.75, 3.05) is 13.1 Å². The number of nitrogens with two attached hydrogens (primary N) is 4. The van der Waals surface area contributed by atoms with Crippen LogP contribution in [-0.4, -0.2) is 71.9 Å². The maximum Gasteiger partial charge on any atom is 0.244 e. The van der Waals surface area contributed by atoms with Crippen molar-refractivity contribution in [2.45, 2.75) is 97.2 Å². The molecule has 13 N–H and O–H groups in total. The number of aliphatic imine (C=N–C) groups is 1. The number of hydrogen-bond acceptors (Lipinski definition) is 8. The van der Waals surface area contributed by atoms with E-state index in [4.69, 9.17) is 28.1 Å². The number of nitrogens with one attached hydrogen (secondary N) is 4. The second-order valence-corrected chi connectivity index (χ2v) is 11.0. The van der Waals surface area contributed by atoms with Crippen LogP contribution in [0, 0.1) is 17.8 Å². The molecular weight excluding hydrogens is 534 g/mol. The summed E-state index contributed by atoms with van der Waals surface area (Å²) in [5, 5.41) is 16.9. The van der Waals surface area contributed by atoms with Gasteiger partial charge in [-0.1, -0.05) is 27.7 Å². The molecule has 15 nitrogen and oxygen atoms in total. The number of nitrogens with zero attached hydrogens (tertiary/aromatic N) is 1. The third kappa shape index (κ3) is 17.1. The van der Waals surface area contributed by atoms with Crippen LogP contribution in [0.2, 0.25) is 0 Å². The molecular formula is C26H51N9O6. The van der Waals surface area contributed by atoms with E-state index in [0.717, 1.165) is 0 Å². The molecule has 0 heterocycles. The van der Waals surface area contributed by atoms with Crippen LogP contribution < -0.4 is 44.4 Å². The highest BCUT2D eigenvalue weighted by Gasteiger charge is 2.31. The topological polar surface area (TPSA) is 270 Å². The van der Waals surface area contributed by atoms with Gasteiger partial charge >= 0.3 is 0 Å². The van der Waals surface area contributed by atoms with Gasteiger partial charge in [-0.05, 0) is 63.3 Å². The van der Waals surface area contributed by atoms with Crippen LogP contribution in [-0.2, 0) is 24.0 Å². The minimum absolute atomic E-state index is 0.00808. The lowest BCUT2D eigenvalue weighted by Crippen LogP contribution is -2.57. The average molecular weight is 586 g/mol. The van der Waals surface area contributed by atoms with Gasteiger partial charge in [0.25, 0.3) is 0 Å². The summed E-state index contributed by atoms with van der Waals surface area (Å²) in [7, 11) is 0. The number of primary amides is 1. The van der Waals surface area contributed by atoms with Crippen LogP contribution in [0.25, 0.3) is 0 Å². The van der Waals surface area contributed by atoms with E-state index in [-0.39, 0.29) is 50.0 Å². The fourth-order valence-electron chi connectivity index (χ4n) is 4.21. The van der Waals surface area contributed by atoms with Crippen molar-refractivity contribution in [3.05, 3.63) is 0 Å². The number of hydrogen-bond donors (Lipinski definition) is 9. The molecule has 41 heavy (non-hydrogen) atoms. The maximum absolute atomic E-state index is 13.4. The highest BCUT2D eigenvalue weighted by Crippen LogP contribution is 2.17. The van der Waals surface area contributed by atoms with Crippen LogP contribution in [0.1, 0.15) is 79.1 Å². The van der Waals surface area contributed by atoms with Gasteiger partial charge in [0, 0.05) is 18.9 Å². The Hall–Kier alpha value is -3.46. The normalized spacial score (nSPS) is 14.0. The molecule has 0 saturated carbocycles. The largest absolute Gasteiger partial charge is 0.370 e. The maximum atomic E-state index is 13.4. The molecule has 5 amide bonds. The first-order chi connectivity index (χ1) is 19.2. The molecule has 4 atom stereocenters. The molecule has 0 spiro atoms. The fraction of sp³-hybridized carbons (Fsp3) is 0.769. The van der Waals surface area contributed by atoms with Gasteiger partial charge in [0.1, 0.15) is 18.1 Å². The van der Waals surface area contributed by atoms with Crippen molar-refractivity contribution < 1.29 is 29.2 Å². The van der Waals surface area contributed by atoms with Crippen LogP contribution >= 0.6 is 0 Å². The summed E-state index contributed by atoms with van der Waals surface area (Å²) < 4.78 is 0. The van der Waals surface area contributed by atoms with Gasteiger partial charge < -0.3 is 38.9 Å². The van der Waals surface area contributed by atoms with Crippen molar-refractivity contribution >= 4 is 35.5 Å². The molecule has 0 aromatic carbocycles. The highest BCUT2D eigenvalue weighted by atomic mass is 16.5. The van der Waals surface area contributed by atoms with Crippen LogP contribution in [0.15, 0.2) is 4.99 Å². The first-order valence-electron chi connectivity index (χ1n) is 14.1. The third-order valence-electron chi connectivity index (χ3n) is 6.21. The number of carbonyl (C=O) groups excluding carboxylic acids is 5. The van der Waals surface area contributed by atoms with E-state index in [0.29, 0.717) is 32.2 Å². The second-order valence-electron chi connectivity index (χ2n) is 11.0. The number of rotatable bonds is 21. The standard InChI is InChI=1S/C26H51N9O6/c1-15(2)12-17(14-21(36)35-41)23(38)34-20(13-16(3)4)25(40)33-19(9-7-11-31-26(29)30)24(39)32-18(22(28)37)8-5-6-10-27/h15-20,41H,5-14,27H2,1-4H3,(H2,28,37)(H,32,39)(H,33,40)(H,34,38)(H,35,36)(H4,29,30,31)/t17-,18+,19+,20+/m1/s1. The number of carbonyl (C=O) groups is 5. The third-order valence-corrected chi connectivity index (χ3v) is 6.21. The monoisotopic (exact) mass is 585 g/mol. The number of amides is 5. The molecule has 0 fully saturated rings. The molecule has 0 aromatic heterocycles. The predicted molar refractivity (Wildman–Crippen MR) is 155 cm³/mol. The van der Waals surface area contributed by atoms with Gasteiger partial charge in [0.05, 0.1) is 0 Å². The van der Waals surface area contributed by atoms with E-state index in [1.165, 1.54) is 5.48 Å². The van der Waals surface area contributed by atoms with Crippen LogP contribution in [0.3, 0.4) is 0 Å². The number of guanidine groups is 1. The summed E-state index contributed by atoms with van der Waals surface area (Å²) >= 11 is 0. The molecule has 0 aliphatic carbocycles. The van der Waals surface area contributed by atoms with Crippen LogP contribution in [0.4, 0.5) is 0 Å². The molecule has 0 unspecified atom stereocenters. The molecule has 15 heteroatoms. The number of hydroxylamine groups is 1. The van der Waals surface area contributed by atoms with E-state index < -0.39 is 53.6 Å². The molecule has 0 radical (unpaired) electrons. The Labute approximate surface area is 242 Å². The Morgan fingerprint density at radius 1 is 0.732 bits per heavy atom. The SMILES string of the molecule is CC(C)C[C@H](CC(=O)NO)C(=O)N[C@@H](CC(C)C)C(=O)N[C@@H](CCCN=C(N)N)C(=O)N[C@@H](CCCCN)C(N)=O. The lowest BCUT2D eigenvalue weighted by Gasteiger charge is -2.27. The fourth-order valence-corrected chi connectivity index (χ4v) is 4.21. The van der Waals surface area contributed by atoms with Crippen molar-refractivity contribution in [2.24, 2.45) is 45.7 Å². The number of unbranched alkanes of at least 4 members (excludes halogenated alkanes) is 1. The van der Waals surface area contributed by atoms with Crippen LogP contribution in [0.5, 0.6) is 0 Å². The summed E-state index contributed by atoms with van der Waals surface area (Å²) in [5.41, 5.74) is 23.3. The Morgan fingerprint density at radius 2 is 1.27 bits per heavy atom. The lowest BCUT2D eigenvalue weighted by molar-refractivity contribution is -0.137. The zero-order valence-electron chi connectivity index (χ0n) is 24.8.